The second kappa shape index (κ2) is 5.87. The highest BCUT2D eigenvalue weighted by atomic mass is 79.9. The van der Waals surface area contributed by atoms with Crippen molar-refractivity contribution in [3.8, 4) is 0 Å². The largest absolute Gasteiger partial charge is 0.416 e. The zero-order valence-corrected chi connectivity index (χ0v) is 13.3. The SMILES string of the molecule is CNC(c1cc(C(F)(F)F)ccc1Br)c1sccc1C. The van der Waals surface area contributed by atoms with Crippen LogP contribution in [0, 0.1) is 6.92 Å². The number of hydrogen-bond acceptors (Lipinski definition) is 2. The lowest BCUT2D eigenvalue weighted by Gasteiger charge is -2.19. The first kappa shape index (κ1) is 15.5. The standard InChI is InChI=1S/C14H13BrF3NS/c1-8-5-6-20-13(8)12(19-2)10-7-9(14(16,17)18)3-4-11(10)15/h3-7,12,19H,1-2H3. The van der Waals surface area contributed by atoms with E-state index >= 15 is 0 Å². The number of thiophene rings is 1. The van der Waals surface area contributed by atoms with Gasteiger partial charge in [0, 0.05) is 9.35 Å². The molecule has 0 fully saturated rings. The lowest BCUT2D eigenvalue weighted by atomic mass is 10.0. The molecule has 0 saturated heterocycles. The highest BCUT2D eigenvalue weighted by Gasteiger charge is 2.32. The molecule has 1 nitrogen and oxygen atoms in total. The van der Waals surface area contributed by atoms with Crippen molar-refractivity contribution >= 4 is 27.3 Å². The predicted octanol–water partition coefficient (Wildman–Crippen LogP) is 5.15. The number of alkyl halides is 3. The van der Waals surface area contributed by atoms with Gasteiger partial charge < -0.3 is 5.32 Å². The summed E-state index contributed by atoms with van der Waals surface area (Å²) in [6, 6.07) is 5.44. The minimum Gasteiger partial charge on any atom is -0.309 e. The van der Waals surface area contributed by atoms with Gasteiger partial charge in [0.15, 0.2) is 0 Å². The van der Waals surface area contributed by atoms with E-state index < -0.39 is 11.7 Å². The summed E-state index contributed by atoms with van der Waals surface area (Å²) < 4.78 is 39.2. The van der Waals surface area contributed by atoms with Gasteiger partial charge in [-0.15, -0.1) is 11.3 Å². The highest BCUT2D eigenvalue weighted by molar-refractivity contribution is 9.10. The summed E-state index contributed by atoms with van der Waals surface area (Å²) in [6.07, 6.45) is -4.34. The highest BCUT2D eigenvalue weighted by Crippen LogP contribution is 2.37. The van der Waals surface area contributed by atoms with E-state index in [4.69, 9.17) is 0 Å². The van der Waals surface area contributed by atoms with Crippen LogP contribution < -0.4 is 5.32 Å². The van der Waals surface area contributed by atoms with Gasteiger partial charge in [-0.05, 0) is 54.7 Å². The molecule has 6 heteroatoms. The molecule has 1 unspecified atom stereocenters. The van der Waals surface area contributed by atoms with Crippen LogP contribution in [-0.2, 0) is 6.18 Å². The van der Waals surface area contributed by atoms with Gasteiger partial charge in [0.2, 0.25) is 0 Å². The maximum Gasteiger partial charge on any atom is 0.416 e. The number of benzene rings is 1. The number of hydrogen-bond donors (Lipinski definition) is 1. The first-order chi connectivity index (χ1) is 9.34. The summed E-state index contributed by atoms with van der Waals surface area (Å²) >= 11 is 4.88. The van der Waals surface area contributed by atoms with E-state index in [-0.39, 0.29) is 6.04 Å². The van der Waals surface area contributed by atoms with Crippen molar-refractivity contribution in [3.05, 3.63) is 55.7 Å². The van der Waals surface area contributed by atoms with Crippen molar-refractivity contribution in [2.75, 3.05) is 7.05 Å². The Morgan fingerprint density at radius 1 is 1.25 bits per heavy atom. The number of aryl methyl sites for hydroxylation is 1. The molecule has 108 valence electrons. The topological polar surface area (TPSA) is 12.0 Å². The molecule has 0 aliphatic heterocycles. The molecule has 1 aromatic heterocycles. The van der Waals surface area contributed by atoms with Crippen LogP contribution >= 0.6 is 27.3 Å². The Morgan fingerprint density at radius 2 is 1.95 bits per heavy atom. The quantitative estimate of drug-likeness (QED) is 0.795. The summed E-state index contributed by atoms with van der Waals surface area (Å²) in [6.45, 7) is 1.96. The fourth-order valence-electron chi connectivity index (χ4n) is 2.05. The normalized spacial score (nSPS) is 13.5. The van der Waals surface area contributed by atoms with Gasteiger partial charge in [-0.3, -0.25) is 0 Å². The number of nitrogens with one attached hydrogen (secondary N) is 1. The second-order valence-corrected chi connectivity index (χ2v) is 6.23. The van der Waals surface area contributed by atoms with Gasteiger partial charge in [0.05, 0.1) is 11.6 Å². The molecule has 2 rings (SSSR count). The number of rotatable bonds is 3. The molecular formula is C14H13BrF3NS. The van der Waals surface area contributed by atoms with Gasteiger partial charge in [0.1, 0.15) is 0 Å². The van der Waals surface area contributed by atoms with Crippen LogP contribution in [0.3, 0.4) is 0 Å². The molecule has 0 bridgehead atoms. The van der Waals surface area contributed by atoms with Crippen LogP contribution in [0.4, 0.5) is 13.2 Å². The van der Waals surface area contributed by atoms with Crippen LogP contribution in [0.5, 0.6) is 0 Å². The third-order valence-electron chi connectivity index (χ3n) is 3.09. The molecule has 1 heterocycles. The van der Waals surface area contributed by atoms with E-state index in [0.717, 1.165) is 16.5 Å². The maximum atomic E-state index is 12.9. The Kier molecular flexibility index (Phi) is 4.56. The zero-order valence-electron chi connectivity index (χ0n) is 10.9. The predicted molar refractivity (Wildman–Crippen MR) is 79.1 cm³/mol. The average molecular weight is 364 g/mol. The van der Waals surface area contributed by atoms with Crippen molar-refractivity contribution in [3.63, 3.8) is 0 Å². The van der Waals surface area contributed by atoms with Crippen molar-refractivity contribution in [1.29, 1.82) is 0 Å². The molecular weight excluding hydrogens is 351 g/mol. The molecule has 20 heavy (non-hydrogen) atoms. The summed E-state index contributed by atoms with van der Waals surface area (Å²) in [5, 5.41) is 5.04. The summed E-state index contributed by atoms with van der Waals surface area (Å²) in [5.74, 6) is 0. The van der Waals surface area contributed by atoms with E-state index in [9.17, 15) is 13.2 Å². The van der Waals surface area contributed by atoms with Crippen LogP contribution in [-0.4, -0.2) is 7.05 Å². The van der Waals surface area contributed by atoms with Crippen molar-refractivity contribution in [2.24, 2.45) is 0 Å². The summed E-state index contributed by atoms with van der Waals surface area (Å²) in [4.78, 5) is 1.02. The second-order valence-electron chi connectivity index (χ2n) is 4.42. The monoisotopic (exact) mass is 363 g/mol. The number of halogens is 4. The van der Waals surface area contributed by atoms with Gasteiger partial charge in [-0.1, -0.05) is 15.9 Å². The molecule has 0 spiro atoms. The smallest absolute Gasteiger partial charge is 0.309 e. The first-order valence-electron chi connectivity index (χ1n) is 5.92. The Bertz CT molecular complexity index is 607. The van der Waals surface area contributed by atoms with E-state index in [1.165, 1.54) is 23.5 Å². The third-order valence-corrected chi connectivity index (χ3v) is 4.89. The fourth-order valence-corrected chi connectivity index (χ4v) is 3.58. The molecule has 0 saturated carbocycles. The van der Waals surface area contributed by atoms with Gasteiger partial charge in [0.25, 0.3) is 0 Å². The molecule has 0 radical (unpaired) electrons. The zero-order chi connectivity index (χ0) is 14.9. The van der Waals surface area contributed by atoms with Crippen LogP contribution in [0.2, 0.25) is 0 Å². The van der Waals surface area contributed by atoms with Gasteiger partial charge >= 0.3 is 6.18 Å². The van der Waals surface area contributed by atoms with Crippen molar-refractivity contribution in [2.45, 2.75) is 19.1 Å². The Morgan fingerprint density at radius 3 is 2.45 bits per heavy atom. The molecule has 0 aliphatic rings. The maximum absolute atomic E-state index is 12.9. The lowest BCUT2D eigenvalue weighted by molar-refractivity contribution is -0.137. The van der Waals surface area contributed by atoms with Crippen LogP contribution in [0.25, 0.3) is 0 Å². The van der Waals surface area contributed by atoms with E-state index in [1.807, 2.05) is 18.4 Å². The average Bonchev–Trinajstić information content (AvgIpc) is 2.78. The van der Waals surface area contributed by atoms with Gasteiger partial charge in [-0.25, -0.2) is 0 Å². The fraction of sp³-hybridized carbons (Fsp3) is 0.286. The van der Waals surface area contributed by atoms with Crippen molar-refractivity contribution < 1.29 is 13.2 Å². The molecule has 0 amide bonds. The van der Waals surface area contributed by atoms with Crippen LogP contribution in [0.1, 0.15) is 27.6 Å². The molecule has 0 aliphatic carbocycles. The Labute approximate surface area is 128 Å². The molecule has 1 atom stereocenters. The minimum absolute atomic E-state index is 0.258. The molecule has 1 aromatic carbocycles. The van der Waals surface area contributed by atoms with E-state index in [0.29, 0.717) is 10.0 Å². The summed E-state index contributed by atoms with van der Waals surface area (Å²) in [5.41, 5.74) is 1.02. The third kappa shape index (κ3) is 3.07. The van der Waals surface area contributed by atoms with E-state index in [1.54, 1.807) is 7.05 Å². The van der Waals surface area contributed by atoms with Crippen molar-refractivity contribution in [1.82, 2.24) is 5.32 Å². The Balaban J connectivity index is 2.52. The lowest BCUT2D eigenvalue weighted by Crippen LogP contribution is -2.19. The summed E-state index contributed by atoms with van der Waals surface area (Å²) in [7, 11) is 1.75. The minimum atomic E-state index is -4.34. The van der Waals surface area contributed by atoms with E-state index in [2.05, 4.69) is 21.2 Å². The Hall–Kier alpha value is -0.850. The molecule has 1 N–H and O–H groups in total. The van der Waals surface area contributed by atoms with Gasteiger partial charge in [-0.2, -0.15) is 13.2 Å². The molecule has 2 aromatic rings. The first-order valence-corrected chi connectivity index (χ1v) is 7.59. The van der Waals surface area contributed by atoms with Crippen LogP contribution in [0.15, 0.2) is 34.1 Å².